The van der Waals surface area contributed by atoms with Gasteiger partial charge in [0.05, 0.1) is 5.92 Å². The van der Waals surface area contributed by atoms with Gasteiger partial charge < -0.3 is 9.97 Å². The van der Waals surface area contributed by atoms with E-state index in [1.807, 2.05) is 24.5 Å². The Morgan fingerprint density at radius 1 is 0.900 bits per heavy atom. The van der Waals surface area contributed by atoms with Crippen LogP contribution in [-0.4, -0.2) is 9.97 Å². The number of hydrogen-bond donors (Lipinski definition) is 2. The van der Waals surface area contributed by atoms with Crippen molar-refractivity contribution in [3.8, 4) is 0 Å². The first-order chi connectivity index (χ1) is 9.68. The van der Waals surface area contributed by atoms with E-state index in [-0.39, 0.29) is 5.92 Å². The van der Waals surface area contributed by atoms with Crippen LogP contribution in [0.4, 0.5) is 0 Å². The molecule has 0 fully saturated rings. The highest BCUT2D eigenvalue weighted by Crippen LogP contribution is 2.35. The van der Waals surface area contributed by atoms with Crippen LogP contribution in [0.3, 0.4) is 0 Å². The van der Waals surface area contributed by atoms with Gasteiger partial charge in [-0.3, -0.25) is 0 Å². The van der Waals surface area contributed by atoms with E-state index >= 15 is 0 Å². The number of nitrogens with one attached hydrogen (secondary N) is 2. The molecular weight excluding hydrogens is 312 g/mol. The summed E-state index contributed by atoms with van der Waals surface area (Å²) in [5.74, 6) is 0.205. The monoisotopic (exact) mass is 328 g/mol. The fourth-order valence-electron chi connectivity index (χ4n) is 2.70. The Bertz CT molecular complexity index is 663. The van der Waals surface area contributed by atoms with Crippen LogP contribution in [0.1, 0.15) is 34.0 Å². The Kier molecular flexibility index (Phi) is 3.53. The first-order valence-electron chi connectivity index (χ1n) is 6.70. The van der Waals surface area contributed by atoms with Gasteiger partial charge in [-0.15, -0.1) is 0 Å². The maximum absolute atomic E-state index is 3.70. The van der Waals surface area contributed by atoms with Crippen molar-refractivity contribution in [2.45, 2.75) is 19.8 Å². The fourth-order valence-corrected chi connectivity index (χ4v) is 3.06. The van der Waals surface area contributed by atoms with E-state index in [1.54, 1.807) is 0 Å². The number of hydrogen-bond acceptors (Lipinski definition) is 0. The van der Waals surface area contributed by atoms with E-state index in [0.29, 0.717) is 0 Å². The van der Waals surface area contributed by atoms with Gasteiger partial charge >= 0.3 is 0 Å². The summed E-state index contributed by atoms with van der Waals surface area (Å²) in [6.07, 6.45) is 3.95. The first-order valence-corrected chi connectivity index (χ1v) is 7.50. The quantitative estimate of drug-likeness (QED) is 0.685. The highest BCUT2D eigenvalue weighted by molar-refractivity contribution is 9.10. The Morgan fingerprint density at radius 2 is 1.50 bits per heavy atom. The smallest absolute Gasteiger partial charge is 0.0644 e. The van der Waals surface area contributed by atoms with E-state index in [4.69, 9.17) is 0 Å². The molecule has 0 aliphatic carbocycles. The third-order valence-electron chi connectivity index (χ3n) is 3.80. The largest absolute Gasteiger partial charge is 0.364 e. The number of halogens is 1. The van der Waals surface area contributed by atoms with E-state index in [1.165, 1.54) is 32.6 Å². The van der Waals surface area contributed by atoms with Crippen LogP contribution in [0.25, 0.3) is 0 Å². The number of aryl methyl sites for hydroxylation is 1. The summed E-state index contributed by atoms with van der Waals surface area (Å²) < 4.78 is 1.19. The maximum atomic E-state index is 3.70. The standard InChI is InChI=1S/C17H17BrN2/c1-11-7-8-13(12(2)17(11)18)16(14-5-3-9-19-14)15-6-4-10-20-15/h3-10,16,19-20H,1-2H3. The molecule has 0 radical (unpaired) electrons. The lowest BCUT2D eigenvalue weighted by atomic mass is 9.88. The van der Waals surface area contributed by atoms with Crippen molar-refractivity contribution in [2.75, 3.05) is 0 Å². The third-order valence-corrected chi connectivity index (χ3v) is 5.02. The SMILES string of the molecule is Cc1ccc(C(c2ccc[nH]2)c2ccc[nH]2)c(C)c1Br. The van der Waals surface area contributed by atoms with Crippen LogP contribution >= 0.6 is 15.9 Å². The highest BCUT2D eigenvalue weighted by atomic mass is 79.9. The van der Waals surface area contributed by atoms with Crippen molar-refractivity contribution in [2.24, 2.45) is 0 Å². The maximum Gasteiger partial charge on any atom is 0.0644 e. The molecule has 20 heavy (non-hydrogen) atoms. The van der Waals surface area contributed by atoms with Gasteiger partial charge in [-0.1, -0.05) is 28.1 Å². The minimum atomic E-state index is 0.205. The number of benzene rings is 1. The number of aromatic amines is 2. The van der Waals surface area contributed by atoms with Crippen LogP contribution in [0.5, 0.6) is 0 Å². The predicted octanol–water partition coefficient (Wildman–Crippen LogP) is 4.90. The van der Waals surface area contributed by atoms with Crippen molar-refractivity contribution in [1.29, 1.82) is 0 Å². The zero-order valence-electron chi connectivity index (χ0n) is 11.6. The van der Waals surface area contributed by atoms with Gasteiger partial charge in [-0.2, -0.15) is 0 Å². The number of aromatic nitrogens is 2. The predicted molar refractivity (Wildman–Crippen MR) is 86.1 cm³/mol. The molecule has 102 valence electrons. The van der Waals surface area contributed by atoms with Gasteiger partial charge in [-0.25, -0.2) is 0 Å². The van der Waals surface area contributed by atoms with E-state index in [9.17, 15) is 0 Å². The lowest BCUT2D eigenvalue weighted by molar-refractivity contribution is 0.885. The van der Waals surface area contributed by atoms with Gasteiger partial charge in [-0.05, 0) is 54.8 Å². The van der Waals surface area contributed by atoms with Gasteiger partial charge in [0, 0.05) is 28.3 Å². The van der Waals surface area contributed by atoms with Gasteiger partial charge in [0.1, 0.15) is 0 Å². The Labute approximate surface area is 127 Å². The number of H-pyrrole nitrogens is 2. The van der Waals surface area contributed by atoms with Crippen LogP contribution in [-0.2, 0) is 0 Å². The zero-order chi connectivity index (χ0) is 14.1. The molecule has 2 aromatic heterocycles. The third kappa shape index (κ3) is 2.22. The lowest BCUT2D eigenvalue weighted by Crippen LogP contribution is -2.07. The zero-order valence-corrected chi connectivity index (χ0v) is 13.2. The second-order valence-electron chi connectivity index (χ2n) is 5.09. The topological polar surface area (TPSA) is 31.6 Å². The highest BCUT2D eigenvalue weighted by Gasteiger charge is 2.21. The van der Waals surface area contributed by atoms with Crippen molar-refractivity contribution >= 4 is 15.9 Å². The summed E-state index contributed by atoms with van der Waals surface area (Å²) in [7, 11) is 0. The molecule has 2 N–H and O–H groups in total. The van der Waals surface area contributed by atoms with E-state index in [2.05, 4.69) is 64.0 Å². The average molecular weight is 329 g/mol. The molecule has 0 unspecified atom stereocenters. The molecule has 3 heteroatoms. The molecule has 0 bridgehead atoms. The van der Waals surface area contributed by atoms with Gasteiger partial charge in [0.25, 0.3) is 0 Å². The summed E-state index contributed by atoms with van der Waals surface area (Å²) >= 11 is 3.70. The van der Waals surface area contributed by atoms with Crippen molar-refractivity contribution in [1.82, 2.24) is 9.97 Å². The van der Waals surface area contributed by atoms with Gasteiger partial charge in [0.2, 0.25) is 0 Å². The minimum absolute atomic E-state index is 0.205. The molecule has 0 saturated heterocycles. The van der Waals surface area contributed by atoms with E-state index < -0.39 is 0 Å². The van der Waals surface area contributed by atoms with Gasteiger partial charge in [0.15, 0.2) is 0 Å². The summed E-state index contributed by atoms with van der Waals surface area (Å²) in [5.41, 5.74) is 6.27. The van der Waals surface area contributed by atoms with Crippen LogP contribution < -0.4 is 0 Å². The van der Waals surface area contributed by atoms with Crippen LogP contribution in [0, 0.1) is 13.8 Å². The Hall–Kier alpha value is -1.74. The Morgan fingerprint density at radius 3 is 2.00 bits per heavy atom. The van der Waals surface area contributed by atoms with Crippen LogP contribution in [0.2, 0.25) is 0 Å². The molecule has 1 aromatic carbocycles. The lowest BCUT2D eigenvalue weighted by Gasteiger charge is -2.19. The normalized spacial score (nSPS) is 11.2. The molecular formula is C17H17BrN2. The molecule has 0 amide bonds. The summed E-state index contributed by atoms with van der Waals surface area (Å²) in [4.78, 5) is 6.70. The Balaban J connectivity index is 2.19. The first kappa shape index (κ1) is 13.3. The molecule has 0 aliphatic rings. The minimum Gasteiger partial charge on any atom is -0.364 e. The van der Waals surface area contributed by atoms with Crippen molar-refractivity contribution < 1.29 is 0 Å². The molecule has 0 spiro atoms. The second kappa shape index (κ2) is 5.33. The molecule has 2 heterocycles. The number of rotatable bonds is 3. The summed E-state index contributed by atoms with van der Waals surface area (Å²) in [6.45, 7) is 4.30. The molecule has 0 aliphatic heterocycles. The van der Waals surface area contributed by atoms with E-state index in [0.717, 1.165) is 0 Å². The van der Waals surface area contributed by atoms with Crippen molar-refractivity contribution in [3.05, 3.63) is 81.3 Å². The summed E-state index contributed by atoms with van der Waals surface area (Å²) in [5, 5.41) is 0. The van der Waals surface area contributed by atoms with Crippen LogP contribution in [0.15, 0.2) is 53.3 Å². The molecule has 3 aromatic rings. The average Bonchev–Trinajstić information content (AvgIpc) is 3.12. The molecule has 2 nitrogen and oxygen atoms in total. The van der Waals surface area contributed by atoms with Crippen molar-refractivity contribution in [3.63, 3.8) is 0 Å². The second-order valence-corrected chi connectivity index (χ2v) is 5.89. The summed E-state index contributed by atoms with van der Waals surface area (Å²) in [6, 6.07) is 12.8. The molecule has 0 atom stereocenters. The molecule has 0 saturated carbocycles. The molecule has 3 rings (SSSR count). The fraction of sp³-hybridized carbons (Fsp3) is 0.176.